The minimum Gasteiger partial charge on any atom is -0.478 e. The van der Waals surface area contributed by atoms with E-state index < -0.39 is 17.3 Å². The van der Waals surface area contributed by atoms with Crippen molar-refractivity contribution in [2.24, 2.45) is 7.05 Å². The normalized spacial score (nSPS) is 10.9. The minimum absolute atomic E-state index is 0.0133. The molecule has 3 aromatic rings. The van der Waals surface area contributed by atoms with Gasteiger partial charge in [0, 0.05) is 10.6 Å². The fraction of sp³-hybridized carbons (Fsp3) is 0.0714. The summed E-state index contributed by atoms with van der Waals surface area (Å²) in [5.41, 5.74) is 1.03. The number of carboxylic acids is 1. The number of carboxylic acid groups (broad SMARTS) is 1. The van der Waals surface area contributed by atoms with Crippen LogP contribution in [0.25, 0.3) is 10.2 Å². The third-order valence-electron chi connectivity index (χ3n) is 3.27. The first-order valence-electron chi connectivity index (χ1n) is 6.31. The maximum absolute atomic E-state index is 14.0. The van der Waals surface area contributed by atoms with E-state index in [2.05, 4.69) is 10.3 Å². The van der Waals surface area contributed by atoms with Gasteiger partial charge in [-0.05, 0) is 40.8 Å². The Morgan fingerprint density at radius 3 is 2.87 bits per heavy atom. The molecule has 0 radical (unpaired) electrons. The largest absolute Gasteiger partial charge is 0.478 e. The molecule has 3 rings (SSSR count). The molecule has 0 bridgehead atoms. The monoisotopic (exact) mass is 445 g/mol. The van der Waals surface area contributed by atoms with Crippen LogP contribution in [0.2, 0.25) is 0 Å². The van der Waals surface area contributed by atoms with Crippen LogP contribution >= 0.6 is 33.9 Å². The van der Waals surface area contributed by atoms with Crippen molar-refractivity contribution in [3.05, 3.63) is 49.0 Å². The van der Waals surface area contributed by atoms with Gasteiger partial charge in [-0.1, -0.05) is 0 Å². The molecule has 0 saturated carbocycles. The summed E-state index contributed by atoms with van der Waals surface area (Å²) >= 11 is 3.03. The summed E-state index contributed by atoms with van der Waals surface area (Å²) in [6.07, 6.45) is 0. The fourth-order valence-electron chi connectivity index (χ4n) is 2.17. The highest BCUT2D eigenvalue weighted by Crippen LogP contribution is 2.29. The number of carbonyl (C=O) groups is 1. The summed E-state index contributed by atoms with van der Waals surface area (Å²) in [5.74, 6) is -1.74. The minimum atomic E-state index is -1.22. The van der Waals surface area contributed by atoms with Crippen molar-refractivity contribution >= 4 is 61.6 Å². The molecule has 0 fully saturated rings. The highest BCUT2D eigenvalue weighted by molar-refractivity contribution is 14.1. The van der Waals surface area contributed by atoms with Gasteiger partial charge in [0.2, 0.25) is 0 Å². The molecule has 0 aliphatic heterocycles. The number of benzene rings is 1. The molecule has 6 nitrogen and oxygen atoms in total. The summed E-state index contributed by atoms with van der Waals surface area (Å²) in [6, 6.07) is 4.48. The van der Waals surface area contributed by atoms with E-state index in [1.807, 2.05) is 22.6 Å². The number of pyridine rings is 1. The molecule has 0 aliphatic carbocycles. The molecular weight excluding hydrogens is 436 g/mol. The standard InChI is InChI=1S/C14H9FIN3O3S/c1-19-12(18-8-3-2-6(16)4-7(8)15)9(14(21)22)11-10(13(19)20)17-5-23-11/h2-5,18H,1H3,(H,21,22). The Labute approximate surface area is 146 Å². The van der Waals surface area contributed by atoms with Crippen molar-refractivity contribution in [2.45, 2.75) is 0 Å². The van der Waals surface area contributed by atoms with Gasteiger partial charge in [-0.15, -0.1) is 11.3 Å². The van der Waals surface area contributed by atoms with E-state index in [1.165, 1.54) is 24.7 Å². The first-order valence-corrected chi connectivity index (χ1v) is 8.27. The fourth-order valence-corrected chi connectivity index (χ4v) is 3.44. The van der Waals surface area contributed by atoms with Crippen molar-refractivity contribution in [2.75, 3.05) is 5.32 Å². The highest BCUT2D eigenvalue weighted by Gasteiger charge is 2.22. The maximum atomic E-state index is 14.0. The molecule has 0 saturated heterocycles. The lowest BCUT2D eigenvalue weighted by Crippen LogP contribution is -2.23. The molecule has 1 aromatic carbocycles. The van der Waals surface area contributed by atoms with Gasteiger partial charge in [0.25, 0.3) is 5.56 Å². The number of hydrogen-bond donors (Lipinski definition) is 2. The number of nitrogens with zero attached hydrogens (tertiary/aromatic N) is 2. The number of nitrogens with one attached hydrogen (secondary N) is 1. The van der Waals surface area contributed by atoms with Crippen molar-refractivity contribution in [1.82, 2.24) is 9.55 Å². The number of aromatic carboxylic acids is 1. The molecule has 2 heterocycles. The summed E-state index contributed by atoms with van der Waals surface area (Å²) < 4.78 is 16.1. The number of thiazole rings is 1. The molecule has 2 N–H and O–H groups in total. The van der Waals surface area contributed by atoms with Gasteiger partial charge in [0.05, 0.1) is 15.9 Å². The van der Waals surface area contributed by atoms with E-state index in [4.69, 9.17) is 0 Å². The Morgan fingerprint density at radius 1 is 1.48 bits per heavy atom. The zero-order valence-electron chi connectivity index (χ0n) is 11.6. The Hall–Kier alpha value is -2.01. The second-order valence-electron chi connectivity index (χ2n) is 4.67. The molecule has 0 atom stereocenters. The molecule has 2 aromatic heterocycles. The molecule has 9 heteroatoms. The summed E-state index contributed by atoms with van der Waals surface area (Å²) in [5, 5.41) is 12.2. The average Bonchev–Trinajstić information content (AvgIpc) is 2.96. The topological polar surface area (TPSA) is 84.2 Å². The Balaban J connectivity index is 2.27. The Kier molecular flexibility index (Phi) is 4.06. The lowest BCUT2D eigenvalue weighted by Gasteiger charge is -2.15. The van der Waals surface area contributed by atoms with Gasteiger partial charge >= 0.3 is 5.97 Å². The second kappa shape index (κ2) is 5.89. The van der Waals surface area contributed by atoms with Crippen molar-refractivity contribution < 1.29 is 14.3 Å². The highest BCUT2D eigenvalue weighted by atomic mass is 127. The quantitative estimate of drug-likeness (QED) is 0.606. The van der Waals surface area contributed by atoms with E-state index in [-0.39, 0.29) is 27.3 Å². The van der Waals surface area contributed by atoms with Crippen molar-refractivity contribution in [3.63, 3.8) is 0 Å². The number of aromatic nitrogens is 2. The zero-order valence-corrected chi connectivity index (χ0v) is 14.6. The molecule has 23 heavy (non-hydrogen) atoms. The van der Waals surface area contributed by atoms with Gasteiger partial charge < -0.3 is 10.4 Å². The van der Waals surface area contributed by atoms with E-state index in [0.717, 1.165) is 15.9 Å². The van der Waals surface area contributed by atoms with E-state index in [1.54, 1.807) is 6.07 Å². The van der Waals surface area contributed by atoms with Crippen LogP contribution < -0.4 is 10.9 Å². The van der Waals surface area contributed by atoms with Gasteiger partial charge in [0.15, 0.2) is 0 Å². The number of rotatable bonds is 3. The second-order valence-corrected chi connectivity index (χ2v) is 6.77. The average molecular weight is 445 g/mol. The summed E-state index contributed by atoms with van der Waals surface area (Å²) in [7, 11) is 1.42. The van der Waals surface area contributed by atoms with Crippen molar-refractivity contribution in [1.29, 1.82) is 0 Å². The van der Waals surface area contributed by atoms with E-state index >= 15 is 0 Å². The van der Waals surface area contributed by atoms with Crippen LogP contribution in [0.3, 0.4) is 0 Å². The third kappa shape index (κ3) is 2.70. The summed E-state index contributed by atoms with van der Waals surface area (Å²) in [4.78, 5) is 27.9. The molecule has 0 spiro atoms. The SMILES string of the molecule is Cn1c(Nc2ccc(I)cc2F)c(C(=O)O)c2scnc2c1=O. The molecule has 0 unspecified atom stereocenters. The van der Waals surface area contributed by atoms with Crippen LogP contribution in [0.5, 0.6) is 0 Å². The first-order chi connectivity index (χ1) is 10.9. The number of fused-ring (bicyclic) bond motifs is 1. The van der Waals surface area contributed by atoms with Gasteiger partial charge in [-0.3, -0.25) is 9.36 Å². The lowest BCUT2D eigenvalue weighted by atomic mass is 10.2. The Morgan fingerprint density at radius 2 is 2.22 bits per heavy atom. The predicted octanol–water partition coefficient (Wildman–Crippen LogP) is 3.18. The van der Waals surface area contributed by atoms with E-state index in [0.29, 0.717) is 3.57 Å². The molecule has 118 valence electrons. The third-order valence-corrected chi connectivity index (χ3v) is 4.79. The van der Waals surface area contributed by atoms with Crippen LogP contribution in [-0.2, 0) is 7.05 Å². The lowest BCUT2D eigenvalue weighted by molar-refractivity contribution is 0.0699. The molecule has 0 amide bonds. The van der Waals surface area contributed by atoms with Gasteiger partial charge in [0.1, 0.15) is 22.7 Å². The Bertz CT molecular complexity index is 999. The molecular formula is C14H9FIN3O3S. The maximum Gasteiger partial charge on any atom is 0.340 e. The van der Waals surface area contributed by atoms with Crippen molar-refractivity contribution in [3.8, 4) is 0 Å². The number of hydrogen-bond acceptors (Lipinski definition) is 5. The number of anilines is 2. The van der Waals surface area contributed by atoms with Crippen LogP contribution in [0.4, 0.5) is 15.9 Å². The van der Waals surface area contributed by atoms with Crippen LogP contribution in [0, 0.1) is 9.39 Å². The van der Waals surface area contributed by atoms with Crippen LogP contribution in [0.15, 0.2) is 28.5 Å². The zero-order chi connectivity index (χ0) is 16.7. The summed E-state index contributed by atoms with van der Waals surface area (Å²) in [6.45, 7) is 0. The first kappa shape index (κ1) is 15.9. The predicted molar refractivity (Wildman–Crippen MR) is 94.2 cm³/mol. The van der Waals surface area contributed by atoms with Crippen LogP contribution in [0.1, 0.15) is 10.4 Å². The number of halogens is 2. The van der Waals surface area contributed by atoms with Gasteiger partial charge in [-0.25, -0.2) is 14.2 Å². The smallest absolute Gasteiger partial charge is 0.340 e. The van der Waals surface area contributed by atoms with E-state index in [9.17, 15) is 19.1 Å². The molecule has 0 aliphatic rings. The van der Waals surface area contributed by atoms with Gasteiger partial charge in [-0.2, -0.15) is 0 Å². The van der Waals surface area contributed by atoms with Crippen LogP contribution in [-0.4, -0.2) is 20.6 Å².